The second-order valence-corrected chi connectivity index (χ2v) is 4.96. The standard InChI is InChI=1S/C10H18N2/c11-4-10-9-2-7-1-8(3-9)6-12(10)5-7/h7-10H,1-6,11H2. The van der Waals surface area contributed by atoms with Crippen molar-refractivity contribution in [1.82, 2.24) is 4.90 Å². The van der Waals surface area contributed by atoms with Crippen molar-refractivity contribution in [3.8, 4) is 0 Å². The van der Waals surface area contributed by atoms with E-state index in [1.165, 1.54) is 32.4 Å². The SMILES string of the molecule is NCC1C2CC3CC(C2)CN1C3. The molecule has 2 heteroatoms. The Kier molecular flexibility index (Phi) is 1.50. The van der Waals surface area contributed by atoms with Crippen molar-refractivity contribution in [3.63, 3.8) is 0 Å². The van der Waals surface area contributed by atoms with E-state index in [9.17, 15) is 0 Å². The Morgan fingerprint density at radius 2 is 1.75 bits per heavy atom. The molecule has 68 valence electrons. The first-order valence-electron chi connectivity index (χ1n) is 5.31. The Labute approximate surface area is 74.1 Å². The predicted octanol–water partition coefficient (Wildman–Crippen LogP) is 0.675. The van der Waals surface area contributed by atoms with Crippen LogP contribution in [0.25, 0.3) is 0 Å². The molecule has 0 aromatic carbocycles. The van der Waals surface area contributed by atoms with Crippen LogP contribution in [0.3, 0.4) is 0 Å². The number of hydrogen-bond donors (Lipinski definition) is 1. The summed E-state index contributed by atoms with van der Waals surface area (Å²) in [6, 6.07) is 0.748. The highest BCUT2D eigenvalue weighted by Crippen LogP contribution is 2.46. The molecule has 0 radical (unpaired) electrons. The molecule has 2 nitrogen and oxygen atoms in total. The molecule has 0 amide bonds. The van der Waals surface area contributed by atoms with Gasteiger partial charge in [0.2, 0.25) is 0 Å². The van der Waals surface area contributed by atoms with Crippen LogP contribution in [0.1, 0.15) is 19.3 Å². The maximum Gasteiger partial charge on any atom is 0.0247 e. The fourth-order valence-electron chi connectivity index (χ4n) is 3.88. The molecule has 4 aliphatic rings. The number of nitrogens with two attached hydrogens (primary N) is 1. The Hall–Kier alpha value is -0.0800. The largest absolute Gasteiger partial charge is 0.329 e. The van der Waals surface area contributed by atoms with Crippen LogP contribution in [0.2, 0.25) is 0 Å². The van der Waals surface area contributed by atoms with E-state index in [4.69, 9.17) is 5.73 Å². The lowest BCUT2D eigenvalue weighted by Gasteiger charge is -2.56. The van der Waals surface area contributed by atoms with Gasteiger partial charge in [0.25, 0.3) is 0 Å². The minimum absolute atomic E-state index is 0.748. The first-order valence-corrected chi connectivity index (χ1v) is 5.31. The van der Waals surface area contributed by atoms with E-state index < -0.39 is 0 Å². The number of nitrogens with zero attached hydrogens (tertiary/aromatic N) is 1. The van der Waals surface area contributed by atoms with Gasteiger partial charge in [-0.25, -0.2) is 0 Å². The second-order valence-electron chi connectivity index (χ2n) is 4.96. The van der Waals surface area contributed by atoms with Gasteiger partial charge in [-0.3, -0.25) is 4.90 Å². The molecule has 3 atom stereocenters. The van der Waals surface area contributed by atoms with Gasteiger partial charge >= 0.3 is 0 Å². The van der Waals surface area contributed by atoms with Crippen molar-refractivity contribution in [2.75, 3.05) is 19.6 Å². The summed E-state index contributed by atoms with van der Waals surface area (Å²) >= 11 is 0. The van der Waals surface area contributed by atoms with E-state index in [1.807, 2.05) is 0 Å². The zero-order chi connectivity index (χ0) is 8.13. The van der Waals surface area contributed by atoms with Crippen molar-refractivity contribution in [2.45, 2.75) is 25.3 Å². The molecule has 0 aromatic rings. The van der Waals surface area contributed by atoms with Gasteiger partial charge in [0, 0.05) is 25.7 Å². The van der Waals surface area contributed by atoms with Gasteiger partial charge in [-0.15, -0.1) is 0 Å². The normalized spacial score (nSPS) is 56.2. The van der Waals surface area contributed by atoms with E-state index in [0.717, 1.165) is 30.3 Å². The highest BCUT2D eigenvalue weighted by atomic mass is 15.2. The number of rotatable bonds is 1. The molecule has 4 rings (SSSR count). The summed E-state index contributed by atoms with van der Waals surface area (Å²) in [6.45, 7) is 3.60. The second kappa shape index (κ2) is 2.46. The van der Waals surface area contributed by atoms with E-state index >= 15 is 0 Å². The summed E-state index contributed by atoms with van der Waals surface area (Å²) in [4.78, 5) is 2.66. The lowest BCUT2D eigenvalue weighted by atomic mass is 9.65. The van der Waals surface area contributed by atoms with Gasteiger partial charge in [-0.2, -0.15) is 0 Å². The summed E-state index contributed by atoms with van der Waals surface area (Å²) in [5.41, 5.74) is 5.81. The molecule has 4 bridgehead atoms. The molecule has 0 spiro atoms. The van der Waals surface area contributed by atoms with Crippen LogP contribution in [-0.2, 0) is 0 Å². The molecule has 4 fully saturated rings. The van der Waals surface area contributed by atoms with E-state index in [2.05, 4.69) is 4.90 Å². The van der Waals surface area contributed by atoms with Crippen LogP contribution < -0.4 is 5.73 Å². The minimum Gasteiger partial charge on any atom is -0.329 e. The molecule has 12 heavy (non-hydrogen) atoms. The van der Waals surface area contributed by atoms with Gasteiger partial charge in [-0.1, -0.05) is 0 Å². The minimum atomic E-state index is 0.748. The molecule has 3 saturated heterocycles. The van der Waals surface area contributed by atoms with Gasteiger partial charge < -0.3 is 5.73 Å². The van der Waals surface area contributed by atoms with Crippen LogP contribution in [0.4, 0.5) is 0 Å². The van der Waals surface area contributed by atoms with Crippen molar-refractivity contribution in [3.05, 3.63) is 0 Å². The van der Waals surface area contributed by atoms with Gasteiger partial charge in [0.05, 0.1) is 0 Å². The third-order valence-electron chi connectivity index (χ3n) is 4.18. The van der Waals surface area contributed by atoms with E-state index in [-0.39, 0.29) is 0 Å². The van der Waals surface area contributed by atoms with Crippen LogP contribution >= 0.6 is 0 Å². The molecule has 3 unspecified atom stereocenters. The Balaban J connectivity index is 1.86. The molecule has 1 saturated carbocycles. The van der Waals surface area contributed by atoms with Crippen LogP contribution in [0.15, 0.2) is 0 Å². The quantitative estimate of drug-likeness (QED) is 0.620. The van der Waals surface area contributed by atoms with Gasteiger partial charge in [0.15, 0.2) is 0 Å². The Bertz CT molecular complexity index is 162. The maximum absolute atomic E-state index is 5.81. The zero-order valence-electron chi connectivity index (χ0n) is 7.58. The first-order chi connectivity index (χ1) is 5.86. The third kappa shape index (κ3) is 0.882. The lowest BCUT2D eigenvalue weighted by Crippen LogP contribution is -2.61. The van der Waals surface area contributed by atoms with Crippen molar-refractivity contribution in [2.24, 2.45) is 23.5 Å². The monoisotopic (exact) mass is 166 g/mol. The van der Waals surface area contributed by atoms with Crippen LogP contribution in [0.5, 0.6) is 0 Å². The number of piperidine rings is 3. The van der Waals surface area contributed by atoms with Crippen molar-refractivity contribution < 1.29 is 0 Å². The average molecular weight is 166 g/mol. The molecule has 0 aromatic heterocycles. The lowest BCUT2D eigenvalue weighted by molar-refractivity contribution is -0.0606. The summed E-state index contributed by atoms with van der Waals surface area (Å²) in [5.74, 6) is 3.02. The fourth-order valence-corrected chi connectivity index (χ4v) is 3.88. The third-order valence-corrected chi connectivity index (χ3v) is 4.18. The predicted molar refractivity (Wildman–Crippen MR) is 48.7 cm³/mol. The zero-order valence-corrected chi connectivity index (χ0v) is 7.58. The molecular weight excluding hydrogens is 148 g/mol. The van der Waals surface area contributed by atoms with Crippen molar-refractivity contribution in [1.29, 1.82) is 0 Å². The summed E-state index contributed by atoms with van der Waals surface area (Å²) in [7, 11) is 0. The highest BCUT2D eigenvalue weighted by Gasteiger charge is 2.46. The molecule has 3 aliphatic heterocycles. The Morgan fingerprint density at radius 1 is 1.08 bits per heavy atom. The maximum atomic E-state index is 5.81. The average Bonchev–Trinajstić information content (AvgIpc) is 2.02. The summed E-state index contributed by atoms with van der Waals surface area (Å²) in [5, 5.41) is 0. The smallest absolute Gasteiger partial charge is 0.0247 e. The van der Waals surface area contributed by atoms with Crippen LogP contribution in [-0.4, -0.2) is 30.6 Å². The van der Waals surface area contributed by atoms with E-state index in [1.54, 1.807) is 0 Å². The summed E-state index contributed by atoms with van der Waals surface area (Å²) < 4.78 is 0. The highest BCUT2D eigenvalue weighted by molar-refractivity contribution is 4.99. The van der Waals surface area contributed by atoms with E-state index in [0.29, 0.717) is 0 Å². The van der Waals surface area contributed by atoms with Gasteiger partial charge in [-0.05, 0) is 37.0 Å². The summed E-state index contributed by atoms with van der Waals surface area (Å²) in [6.07, 6.45) is 4.48. The molecule has 1 aliphatic carbocycles. The van der Waals surface area contributed by atoms with Crippen molar-refractivity contribution >= 4 is 0 Å². The molecular formula is C10H18N2. The first kappa shape index (κ1) is 7.34. The topological polar surface area (TPSA) is 29.3 Å². The fraction of sp³-hybridized carbons (Fsp3) is 1.00. The molecule has 3 heterocycles. The van der Waals surface area contributed by atoms with Gasteiger partial charge in [0.1, 0.15) is 0 Å². The Morgan fingerprint density at radius 3 is 2.25 bits per heavy atom. The number of hydrogen-bond acceptors (Lipinski definition) is 2. The van der Waals surface area contributed by atoms with Crippen LogP contribution in [0, 0.1) is 17.8 Å². The molecule has 2 N–H and O–H groups in total.